The number of anilines is 1. The first-order valence-electron chi connectivity index (χ1n) is 16.2. The first-order chi connectivity index (χ1) is 19.9. The Bertz CT molecular complexity index is 1450. The highest BCUT2D eigenvalue weighted by Gasteiger charge is 2.44. The molecule has 43 heavy (non-hydrogen) atoms. The Morgan fingerprint density at radius 3 is 1.98 bits per heavy atom. The molecule has 0 saturated carbocycles. The number of rotatable bonds is 11. The van der Waals surface area contributed by atoms with Gasteiger partial charge in [-0.1, -0.05) is 61.4 Å². The molecular weight excluding hydrogens is 524 g/mol. The lowest BCUT2D eigenvalue weighted by molar-refractivity contribution is -0.871. The molecule has 0 fully saturated rings. The van der Waals surface area contributed by atoms with Gasteiger partial charge in [-0.2, -0.15) is 4.58 Å². The van der Waals surface area contributed by atoms with Crippen molar-refractivity contribution in [2.45, 2.75) is 65.2 Å². The van der Waals surface area contributed by atoms with Crippen molar-refractivity contribution in [3.8, 4) is 0 Å². The maximum Gasteiger partial charge on any atom is 0.209 e. The number of hydrogen-bond acceptors (Lipinski definition) is 1. The van der Waals surface area contributed by atoms with Crippen LogP contribution < -0.4 is 4.90 Å². The van der Waals surface area contributed by atoms with Gasteiger partial charge < -0.3 is 13.9 Å². The van der Waals surface area contributed by atoms with Gasteiger partial charge in [-0.25, -0.2) is 0 Å². The van der Waals surface area contributed by atoms with Crippen molar-refractivity contribution < 1.29 is 13.5 Å². The van der Waals surface area contributed by atoms with Crippen LogP contribution in [0.25, 0.3) is 0 Å². The zero-order valence-corrected chi connectivity index (χ0v) is 29.4. The third-order valence-corrected chi connectivity index (χ3v) is 9.25. The number of allylic oxidation sites excluding steroid dienone is 6. The predicted molar refractivity (Wildman–Crippen MR) is 187 cm³/mol. The van der Waals surface area contributed by atoms with Crippen LogP contribution in [0.1, 0.15) is 62.8 Å². The third kappa shape index (κ3) is 7.41. The van der Waals surface area contributed by atoms with Crippen molar-refractivity contribution in [2.24, 2.45) is 0 Å². The molecule has 0 saturated heterocycles. The largest absolute Gasteiger partial charge is 0.344 e. The second kappa shape index (κ2) is 12.2. The summed E-state index contributed by atoms with van der Waals surface area (Å²) in [5.74, 6) is 0. The summed E-state index contributed by atoms with van der Waals surface area (Å²) in [5.41, 5.74) is 11.0. The molecule has 0 radical (unpaired) electrons. The summed E-state index contributed by atoms with van der Waals surface area (Å²) in [6.45, 7) is 18.3. The van der Waals surface area contributed by atoms with Gasteiger partial charge in [-0.3, -0.25) is 0 Å². The normalized spacial score (nSPS) is 18.9. The minimum absolute atomic E-state index is 0.0317. The van der Waals surface area contributed by atoms with Crippen LogP contribution in [-0.4, -0.2) is 87.7 Å². The molecule has 0 amide bonds. The molecule has 0 aliphatic carbocycles. The molecule has 0 aromatic heterocycles. The fraction of sp³-hybridized carbons (Fsp3) is 0.513. The molecule has 2 aliphatic rings. The molecule has 4 rings (SSSR count). The van der Waals surface area contributed by atoms with E-state index in [1.54, 1.807) is 0 Å². The SMILES string of the molecule is Cc1ccc2c(c1)C(C)(C)C(/C=C/C=C/C=C1/N(CCC[N+](C)(C)C)c3ccc(C)cc3C1(C)C)=[N+]2CCC[N+](C)(C)C. The number of nitrogens with zero attached hydrogens (tertiary/aromatic N) is 4. The van der Waals surface area contributed by atoms with E-state index in [9.17, 15) is 0 Å². The average Bonchev–Trinajstić information content (AvgIpc) is 3.21. The summed E-state index contributed by atoms with van der Waals surface area (Å²) < 4.78 is 4.56. The standard InChI is InChI=1S/C39H59N4/c1-30-20-22-34-32(28-30)38(3,4)36(40(34)24-16-26-42(7,8)9)18-14-13-15-19-37-39(5,6)33-29-31(2)21-23-35(33)41(37)25-17-27-43(10,11)12/h13-15,18-23,28-29H,16-17,24-27H2,1-12H3/q+3. The quantitative estimate of drug-likeness (QED) is 0.150. The molecule has 4 nitrogen and oxygen atoms in total. The summed E-state index contributed by atoms with van der Waals surface area (Å²) in [6.07, 6.45) is 13.8. The fourth-order valence-corrected chi connectivity index (χ4v) is 6.82. The maximum atomic E-state index is 2.57. The summed E-state index contributed by atoms with van der Waals surface area (Å²) in [4.78, 5) is 2.57. The van der Waals surface area contributed by atoms with E-state index in [1.807, 2.05) is 0 Å². The van der Waals surface area contributed by atoms with Crippen molar-refractivity contribution in [3.05, 3.63) is 94.7 Å². The van der Waals surface area contributed by atoms with Crippen LogP contribution in [0.3, 0.4) is 0 Å². The van der Waals surface area contributed by atoms with E-state index in [2.05, 4.69) is 160 Å². The van der Waals surface area contributed by atoms with Gasteiger partial charge in [0.25, 0.3) is 0 Å². The number of fused-ring (bicyclic) bond motifs is 2. The summed E-state index contributed by atoms with van der Waals surface area (Å²) in [7, 11) is 13.7. The minimum atomic E-state index is -0.0317. The second-order valence-electron chi connectivity index (χ2n) is 16.0. The lowest BCUT2D eigenvalue weighted by Crippen LogP contribution is -2.37. The zero-order chi connectivity index (χ0) is 31.8. The molecule has 0 bridgehead atoms. The molecular formula is C39H59N4+3. The van der Waals surface area contributed by atoms with E-state index in [1.165, 1.54) is 45.0 Å². The van der Waals surface area contributed by atoms with Gasteiger partial charge in [-0.15, -0.1) is 0 Å². The van der Waals surface area contributed by atoms with Crippen molar-refractivity contribution in [1.29, 1.82) is 0 Å². The van der Waals surface area contributed by atoms with Crippen molar-refractivity contribution in [2.75, 3.05) is 73.4 Å². The molecule has 232 valence electrons. The van der Waals surface area contributed by atoms with Gasteiger partial charge in [0.05, 0.1) is 67.2 Å². The molecule has 2 heterocycles. The van der Waals surface area contributed by atoms with Crippen LogP contribution in [0, 0.1) is 13.8 Å². The number of quaternary nitrogens is 2. The molecule has 0 N–H and O–H groups in total. The number of hydrogen-bond donors (Lipinski definition) is 0. The first-order valence-corrected chi connectivity index (χ1v) is 16.2. The lowest BCUT2D eigenvalue weighted by Gasteiger charge is -2.29. The zero-order valence-electron chi connectivity index (χ0n) is 29.4. The van der Waals surface area contributed by atoms with E-state index in [-0.39, 0.29) is 10.8 Å². The molecule has 2 aromatic carbocycles. The Kier molecular flexibility index (Phi) is 9.36. The van der Waals surface area contributed by atoms with Crippen LogP contribution in [0.15, 0.2) is 72.5 Å². The highest BCUT2D eigenvalue weighted by molar-refractivity contribution is 6.03. The monoisotopic (exact) mass is 583 g/mol. The molecule has 0 spiro atoms. The topological polar surface area (TPSA) is 6.25 Å². The van der Waals surface area contributed by atoms with Crippen molar-refractivity contribution in [3.63, 3.8) is 0 Å². The van der Waals surface area contributed by atoms with Gasteiger partial charge in [-0.05, 0) is 51.5 Å². The van der Waals surface area contributed by atoms with Gasteiger partial charge in [0.1, 0.15) is 0 Å². The molecule has 2 aliphatic heterocycles. The molecule has 4 heteroatoms. The maximum absolute atomic E-state index is 2.57. The van der Waals surface area contributed by atoms with E-state index in [0.717, 1.165) is 48.0 Å². The Hall–Kier alpha value is -2.95. The summed E-state index contributed by atoms with van der Waals surface area (Å²) in [5, 5.41) is 0. The van der Waals surface area contributed by atoms with Crippen LogP contribution >= 0.6 is 0 Å². The van der Waals surface area contributed by atoms with Gasteiger partial charge in [0.15, 0.2) is 12.3 Å². The fourth-order valence-electron chi connectivity index (χ4n) is 6.82. The predicted octanol–water partition coefficient (Wildman–Crippen LogP) is 7.67. The third-order valence-electron chi connectivity index (χ3n) is 9.25. The van der Waals surface area contributed by atoms with E-state index in [0.29, 0.717) is 0 Å². The summed E-state index contributed by atoms with van der Waals surface area (Å²) >= 11 is 0. The Balaban J connectivity index is 1.62. The minimum Gasteiger partial charge on any atom is -0.344 e. The lowest BCUT2D eigenvalue weighted by atomic mass is 9.81. The van der Waals surface area contributed by atoms with Crippen molar-refractivity contribution >= 4 is 17.1 Å². The highest BCUT2D eigenvalue weighted by atomic mass is 15.3. The van der Waals surface area contributed by atoms with E-state index in [4.69, 9.17) is 0 Å². The molecule has 0 atom stereocenters. The van der Waals surface area contributed by atoms with Gasteiger partial charge in [0.2, 0.25) is 5.69 Å². The Labute approximate surface area is 263 Å². The van der Waals surface area contributed by atoms with Crippen LogP contribution in [-0.2, 0) is 10.8 Å². The Morgan fingerprint density at radius 1 is 0.721 bits per heavy atom. The van der Waals surface area contributed by atoms with Crippen LogP contribution in [0.5, 0.6) is 0 Å². The summed E-state index contributed by atoms with van der Waals surface area (Å²) in [6, 6.07) is 13.9. The second-order valence-corrected chi connectivity index (χ2v) is 16.0. The molecule has 2 aromatic rings. The Morgan fingerprint density at radius 2 is 1.33 bits per heavy atom. The smallest absolute Gasteiger partial charge is 0.209 e. The van der Waals surface area contributed by atoms with E-state index >= 15 is 0 Å². The van der Waals surface area contributed by atoms with Crippen molar-refractivity contribution in [1.82, 2.24) is 0 Å². The van der Waals surface area contributed by atoms with Crippen LogP contribution in [0.2, 0.25) is 0 Å². The van der Waals surface area contributed by atoms with Gasteiger partial charge in [0, 0.05) is 47.5 Å². The molecule has 0 unspecified atom stereocenters. The number of aryl methyl sites for hydroxylation is 2. The van der Waals surface area contributed by atoms with Crippen LogP contribution in [0.4, 0.5) is 11.4 Å². The first kappa shape index (κ1) is 33.0. The van der Waals surface area contributed by atoms with Gasteiger partial charge >= 0.3 is 0 Å². The van der Waals surface area contributed by atoms with E-state index < -0.39 is 0 Å². The highest BCUT2D eigenvalue weighted by Crippen LogP contribution is 2.48. The average molecular weight is 584 g/mol. The number of benzene rings is 2.